The van der Waals surface area contributed by atoms with E-state index >= 15 is 0 Å². The summed E-state index contributed by atoms with van der Waals surface area (Å²) in [6.45, 7) is 4.88. The summed E-state index contributed by atoms with van der Waals surface area (Å²) >= 11 is 0. The topological polar surface area (TPSA) is 59.5 Å². The van der Waals surface area contributed by atoms with Crippen LogP contribution in [-0.2, 0) is 5.41 Å². The first-order valence-corrected chi connectivity index (χ1v) is 9.77. The van der Waals surface area contributed by atoms with Crippen LogP contribution in [0.15, 0.2) is 30.7 Å². The summed E-state index contributed by atoms with van der Waals surface area (Å²) in [5, 5.41) is 8.19. The Balaban J connectivity index is 1.49. The highest BCUT2D eigenvalue weighted by Gasteiger charge is 2.47. The van der Waals surface area contributed by atoms with Crippen LogP contribution in [0, 0.1) is 19.7 Å². The standard InChI is InChI=1S/C21H21FN6/c1-12-5-17(26-28-8-13(2)24-19(12)28)14-6-16(22)20-25-18(10-27(20)9-14)21-4-3-15(7-21)23-11-21/h5-6,8-10,15,23H,3-4,7,11H2,1-2H3/t15?,21-/m0/s1. The van der Waals surface area contributed by atoms with E-state index in [2.05, 4.69) is 20.4 Å². The van der Waals surface area contributed by atoms with Gasteiger partial charge in [0.15, 0.2) is 17.1 Å². The Morgan fingerprint density at radius 1 is 1.14 bits per heavy atom. The molecule has 2 atom stereocenters. The second kappa shape index (κ2) is 5.38. The van der Waals surface area contributed by atoms with Crippen LogP contribution in [0.3, 0.4) is 0 Å². The Morgan fingerprint density at radius 2 is 2.04 bits per heavy atom. The van der Waals surface area contributed by atoms with Gasteiger partial charge in [-0.05, 0) is 50.8 Å². The third kappa shape index (κ3) is 2.19. The number of nitrogens with zero attached hydrogens (tertiary/aromatic N) is 5. The van der Waals surface area contributed by atoms with E-state index in [0.29, 0.717) is 11.7 Å². The van der Waals surface area contributed by atoms with Crippen molar-refractivity contribution in [1.82, 2.24) is 29.3 Å². The lowest BCUT2D eigenvalue weighted by Gasteiger charge is -2.23. The number of nitrogens with one attached hydrogen (secondary N) is 1. The summed E-state index contributed by atoms with van der Waals surface area (Å²) in [7, 11) is 0. The Labute approximate surface area is 161 Å². The molecule has 4 aromatic heterocycles. The summed E-state index contributed by atoms with van der Waals surface area (Å²) < 4.78 is 18.5. The molecule has 1 saturated heterocycles. The lowest BCUT2D eigenvalue weighted by molar-refractivity contribution is 0.430. The van der Waals surface area contributed by atoms with Crippen LogP contribution in [0.4, 0.5) is 4.39 Å². The summed E-state index contributed by atoms with van der Waals surface area (Å²) in [5.41, 5.74) is 5.66. The molecular weight excluding hydrogens is 355 g/mol. The Bertz CT molecular complexity index is 1240. The first-order valence-electron chi connectivity index (χ1n) is 9.77. The Morgan fingerprint density at radius 3 is 2.79 bits per heavy atom. The molecular formula is C21H21FN6. The van der Waals surface area contributed by atoms with Crippen LogP contribution in [0.1, 0.15) is 36.2 Å². The second-order valence-corrected chi connectivity index (χ2v) is 8.40. The van der Waals surface area contributed by atoms with Gasteiger partial charge in [-0.3, -0.25) is 0 Å². The van der Waals surface area contributed by atoms with Crippen LogP contribution >= 0.6 is 0 Å². The van der Waals surface area contributed by atoms with Gasteiger partial charge in [-0.1, -0.05) is 0 Å². The van der Waals surface area contributed by atoms with Gasteiger partial charge in [0.05, 0.1) is 23.3 Å². The molecule has 0 aromatic carbocycles. The Kier molecular flexibility index (Phi) is 3.11. The minimum atomic E-state index is -0.318. The predicted octanol–water partition coefficient (Wildman–Crippen LogP) is 3.19. The van der Waals surface area contributed by atoms with Crippen LogP contribution in [0.5, 0.6) is 0 Å². The van der Waals surface area contributed by atoms with Gasteiger partial charge < -0.3 is 9.72 Å². The van der Waals surface area contributed by atoms with Gasteiger partial charge in [0.1, 0.15) is 0 Å². The van der Waals surface area contributed by atoms with E-state index < -0.39 is 0 Å². The molecule has 142 valence electrons. The molecule has 6 nitrogen and oxygen atoms in total. The van der Waals surface area contributed by atoms with Crippen LogP contribution in [0.2, 0.25) is 0 Å². The molecule has 7 heteroatoms. The molecule has 5 heterocycles. The fourth-order valence-electron chi connectivity index (χ4n) is 4.96. The van der Waals surface area contributed by atoms with Gasteiger partial charge in [-0.25, -0.2) is 18.9 Å². The molecule has 1 saturated carbocycles. The second-order valence-electron chi connectivity index (χ2n) is 8.40. The van der Waals surface area contributed by atoms with Crippen molar-refractivity contribution in [3.8, 4) is 11.3 Å². The summed E-state index contributed by atoms with van der Waals surface area (Å²) in [6.07, 6.45) is 9.22. The fourth-order valence-corrected chi connectivity index (χ4v) is 4.96. The van der Waals surface area contributed by atoms with Crippen LogP contribution in [0.25, 0.3) is 22.6 Å². The Hall–Kier alpha value is -2.80. The van der Waals surface area contributed by atoms with Gasteiger partial charge in [0.25, 0.3) is 0 Å². The van der Waals surface area contributed by atoms with Gasteiger partial charge >= 0.3 is 0 Å². The van der Waals surface area contributed by atoms with Crippen molar-refractivity contribution in [2.24, 2.45) is 0 Å². The smallest absolute Gasteiger partial charge is 0.173 e. The molecule has 6 rings (SSSR count). The van der Waals surface area contributed by atoms with Gasteiger partial charge in [0.2, 0.25) is 0 Å². The number of aromatic nitrogens is 5. The SMILES string of the molecule is Cc1cn2nc(-c3cc(F)c4nc([C@@]56CCC(C5)NC6)cn4c3)cc(C)c2n1. The van der Waals surface area contributed by atoms with Gasteiger partial charge in [-0.2, -0.15) is 5.10 Å². The fraction of sp³-hybridized carbons (Fsp3) is 0.381. The molecule has 1 aliphatic carbocycles. The average molecular weight is 376 g/mol. The molecule has 2 fully saturated rings. The number of pyridine rings is 1. The van der Waals surface area contributed by atoms with Crippen molar-refractivity contribution >= 4 is 11.3 Å². The molecule has 2 aliphatic rings. The molecule has 0 amide bonds. The number of aryl methyl sites for hydroxylation is 2. The van der Waals surface area contributed by atoms with E-state index in [0.717, 1.165) is 53.2 Å². The summed E-state index contributed by atoms with van der Waals surface area (Å²) in [6, 6.07) is 4.08. The van der Waals surface area contributed by atoms with E-state index in [-0.39, 0.29) is 11.2 Å². The highest BCUT2D eigenvalue weighted by atomic mass is 19.1. The maximum absolute atomic E-state index is 14.9. The molecule has 1 aliphatic heterocycles. The molecule has 0 spiro atoms. The number of piperidine rings is 1. The van der Waals surface area contributed by atoms with Crippen molar-refractivity contribution in [2.75, 3.05) is 6.54 Å². The number of hydrogen-bond donors (Lipinski definition) is 1. The third-order valence-corrected chi connectivity index (χ3v) is 6.41. The number of rotatable bonds is 2. The molecule has 1 unspecified atom stereocenters. The van der Waals surface area contributed by atoms with Crippen molar-refractivity contribution < 1.29 is 4.39 Å². The van der Waals surface area contributed by atoms with Crippen molar-refractivity contribution in [1.29, 1.82) is 0 Å². The monoisotopic (exact) mass is 376 g/mol. The summed E-state index contributed by atoms with van der Waals surface area (Å²) in [5.74, 6) is -0.318. The number of imidazole rings is 2. The highest BCUT2D eigenvalue weighted by Crippen LogP contribution is 2.44. The van der Waals surface area contributed by atoms with Crippen molar-refractivity contribution in [3.63, 3.8) is 0 Å². The normalized spacial score (nSPS) is 24.0. The van der Waals surface area contributed by atoms with Crippen molar-refractivity contribution in [3.05, 3.63) is 53.5 Å². The van der Waals surface area contributed by atoms with E-state index in [4.69, 9.17) is 0 Å². The minimum Gasteiger partial charge on any atom is -0.313 e. The number of halogens is 1. The van der Waals surface area contributed by atoms with Crippen molar-refractivity contribution in [2.45, 2.75) is 44.6 Å². The van der Waals surface area contributed by atoms with Gasteiger partial charge in [-0.15, -0.1) is 0 Å². The molecule has 2 bridgehead atoms. The van der Waals surface area contributed by atoms with Crippen LogP contribution < -0.4 is 5.32 Å². The maximum atomic E-state index is 14.9. The zero-order valence-corrected chi connectivity index (χ0v) is 15.9. The van der Waals surface area contributed by atoms with Crippen LogP contribution in [-0.4, -0.2) is 36.6 Å². The lowest BCUT2D eigenvalue weighted by Crippen LogP contribution is -2.32. The zero-order chi connectivity index (χ0) is 19.0. The average Bonchev–Trinajstić information content (AvgIpc) is 3.43. The first-order chi connectivity index (χ1) is 13.5. The maximum Gasteiger partial charge on any atom is 0.173 e. The van der Waals surface area contributed by atoms with E-state index in [1.165, 1.54) is 12.5 Å². The largest absolute Gasteiger partial charge is 0.313 e. The first kappa shape index (κ1) is 16.2. The third-order valence-electron chi connectivity index (χ3n) is 6.41. The van der Waals surface area contributed by atoms with Gasteiger partial charge in [0, 0.05) is 36.0 Å². The minimum absolute atomic E-state index is 0.0609. The highest BCUT2D eigenvalue weighted by molar-refractivity contribution is 5.64. The number of hydrogen-bond acceptors (Lipinski definition) is 4. The zero-order valence-electron chi connectivity index (χ0n) is 15.9. The lowest BCUT2D eigenvalue weighted by atomic mass is 9.84. The quantitative estimate of drug-likeness (QED) is 0.584. The molecule has 4 aromatic rings. The van der Waals surface area contributed by atoms with E-state index in [1.54, 1.807) is 4.52 Å². The number of fused-ring (bicyclic) bond motifs is 4. The summed E-state index contributed by atoms with van der Waals surface area (Å²) in [4.78, 5) is 9.17. The molecule has 1 N–H and O–H groups in total. The molecule has 28 heavy (non-hydrogen) atoms. The predicted molar refractivity (Wildman–Crippen MR) is 104 cm³/mol. The van der Waals surface area contributed by atoms with E-state index in [1.807, 2.05) is 42.9 Å². The van der Waals surface area contributed by atoms with E-state index in [9.17, 15) is 4.39 Å². The molecule has 0 radical (unpaired) electrons.